The maximum Gasteiger partial charge on any atom is -1.00 e. The molecule has 0 spiro atoms. The Kier molecular flexibility index (Phi) is 9.17. The summed E-state index contributed by atoms with van der Waals surface area (Å²) in [5.41, 5.74) is 15.7. The van der Waals surface area contributed by atoms with Crippen LogP contribution < -0.4 is 24.8 Å². The largest absolute Gasteiger partial charge is 1.00 e. The number of fused-ring (bicyclic) bond motifs is 6. The minimum Gasteiger partial charge on any atom is -1.00 e. The standard InChI is InChI=1S/C35H35.C2H7Si.2ClH.Zr/c1-21-18-29-25-11-9-8-10-22(25)12-14-28(29)32(21)33-30-20-23-19-24(34(2,3)4)13-15-26(23)27(30)16-17-31(33)35(5,6)7;1-3-2;;;/h8-20,32H,1-7H3;3H,1-2H3;2*1H;/q;;;;+2/p-2. The zero-order chi connectivity index (χ0) is 27.9. The van der Waals surface area contributed by atoms with Gasteiger partial charge in [-0.05, 0) is 0 Å². The predicted molar refractivity (Wildman–Crippen MR) is 169 cm³/mol. The number of hydrogen-bond donors (Lipinski definition) is 0. The molecule has 0 nitrogen and oxygen atoms in total. The Morgan fingerprint density at radius 1 is 0.707 bits per heavy atom. The van der Waals surface area contributed by atoms with Crippen molar-refractivity contribution in [1.29, 1.82) is 0 Å². The monoisotopic (exact) mass is 674 g/mol. The molecule has 4 heteroatoms. The van der Waals surface area contributed by atoms with Crippen molar-refractivity contribution in [3.8, 4) is 11.1 Å². The summed E-state index contributed by atoms with van der Waals surface area (Å²) in [6.45, 7) is 21.9. The molecular weight excluding hydrogens is 635 g/mol. The van der Waals surface area contributed by atoms with Gasteiger partial charge in [0.25, 0.3) is 0 Å². The smallest absolute Gasteiger partial charge is 1.00 e. The van der Waals surface area contributed by atoms with Crippen LogP contribution in [0.1, 0.15) is 97.0 Å². The van der Waals surface area contributed by atoms with E-state index in [2.05, 4.69) is 134 Å². The van der Waals surface area contributed by atoms with Gasteiger partial charge in [0.2, 0.25) is 0 Å². The van der Waals surface area contributed by atoms with Gasteiger partial charge < -0.3 is 24.8 Å². The van der Waals surface area contributed by atoms with Gasteiger partial charge in [-0.3, -0.25) is 0 Å². The molecule has 212 valence electrons. The van der Waals surface area contributed by atoms with E-state index in [1.54, 1.807) is 22.3 Å². The van der Waals surface area contributed by atoms with E-state index in [0.29, 0.717) is 9.54 Å². The van der Waals surface area contributed by atoms with Crippen molar-refractivity contribution in [2.75, 3.05) is 0 Å². The number of allylic oxidation sites excluding steroid dienone is 1. The summed E-state index contributed by atoms with van der Waals surface area (Å²) in [6.07, 6.45) is 2.50. The molecule has 2 aliphatic rings. The molecule has 0 aliphatic heterocycles. The molecule has 0 radical (unpaired) electrons. The summed E-state index contributed by atoms with van der Waals surface area (Å²) in [5, 5.41) is 2.73. The summed E-state index contributed by atoms with van der Waals surface area (Å²) in [6, 6.07) is 26.2. The zero-order valence-corrected chi connectivity index (χ0v) is 31.0. The van der Waals surface area contributed by atoms with Crippen LogP contribution >= 0.6 is 0 Å². The molecule has 6 rings (SSSR count). The van der Waals surface area contributed by atoms with E-state index in [9.17, 15) is 0 Å². The average Bonchev–Trinajstić information content (AvgIpc) is 3.36. The van der Waals surface area contributed by atoms with Gasteiger partial charge in [0.1, 0.15) is 0 Å². The Labute approximate surface area is 272 Å². The Balaban J connectivity index is 0.00000194. The second-order valence-corrected chi connectivity index (χ2v) is 29.2. The first-order chi connectivity index (χ1) is 18.4. The maximum absolute atomic E-state index is 2.61. The van der Waals surface area contributed by atoms with Crippen LogP contribution in [0.4, 0.5) is 0 Å². The Hall–Kier alpha value is -1.44. The van der Waals surface area contributed by atoms with Crippen molar-refractivity contribution in [3.05, 3.63) is 111 Å². The third-order valence-corrected chi connectivity index (χ3v) is 18.7. The van der Waals surface area contributed by atoms with Crippen molar-refractivity contribution in [2.24, 2.45) is 0 Å². The fourth-order valence-corrected chi connectivity index (χ4v) is 16.8. The summed E-state index contributed by atoms with van der Waals surface area (Å²) in [4.78, 5) is 0. The van der Waals surface area contributed by atoms with Crippen LogP contribution in [0.5, 0.6) is 0 Å². The van der Waals surface area contributed by atoms with E-state index in [4.69, 9.17) is 0 Å². The van der Waals surface area contributed by atoms with Gasteiger partial charge in [-0.1, -0.05) is 0 Å². The van der Waals surface area contributed by atoms with Crippen molar-refractivity contribution >= 4 is 22.8 Å². The third-order valence-electron chi connectivity index (χ3n) is 8.83. The van der Waals surface area contributed by atoms with Crippen molar-refractivity contribution in [2.45, 2.75) is 81.9 Å². The van der Waals surface area contributed by atoms with E-state index in [1.807, 2.05) is 0 Å². The summed E-state index contributed by atoms with van der Waals surface area (Å²) < 4.78 is 0.655. The van der Waals surface area contributed by atoms with Crippen molar-refractivity contribution in [1.82, 2.24) is 0 Å². The Bertz CT molecular complexity index is 1650. The van der Waals surface area contributed by atoms with Crippen LogP contribution in [0.15, 0.2) is 72.3 Å². The van der Waals surface area contributed by atoms with Crippen LogP contribution in [-0.2, 0) is 33.2 Å². The number of benzene rings is 4. The fourth-order valence-electron chi connectivity index (χ4n) is 6.99. The van der Waals surface area contributed by atoms with Crippen LogP contribution in [-0.4, -0.2) is 5.92 Å². The van der Waals surface area contributed by atoms with Gasteiger partial charge >= 0.3 is 249 Å². The van der Waals surface area contributed by atoms with Crippen LogP contribution in [0.2, 0.25) is 13.1 Å². The molecule has 0 heterocycles. The van der Waals surface area contributed by atoms with Gasteiger partial charge in [0, 0.05) is 0 Å². The molecule has 2 unspecified atom stereocenters. The normalized spacial score (nSPS) is 17.3. The molecule has 0 saturated heterocycles. The molecule has 41 heavy (non-hydrogen) atoms. The number of halogens is 2. The Morgan fingerprint density at radius 2 is 1.39 bits per heavy atom. The molecule has 0 aromatic heterocycles. The second kappa shape index (κ2) is 11.6. The number of hydrogen-bond acceptors (Lipinski definition) is 0. The van der Waals surface area contributed by atoms with Gasteiger partial charge in [0.15, 0.2) is 0 Å². The van der Waals surface area contributed by atoms with E-state index >= 15 is 0 Å². The molecule has 2 atom stereocenters. The first-order valence-electron chi connectivity index (χ1n) is 14.6. The minimum absolute atomic E-state index is 0. The first kappa shape index (κ1) is 32.5. The van der Waals surface area contributed by atoms with Gasteiger partial charge in [0.05, 0.1) is 0 Å². The minimum atomic E-state index is -0.672. The van der Waals surface area contributed by atoms with Gasteiger partial charge in [-0.15, -0.1) is 0 Å². The molecule has 4 aromatic rings. The van der Waals surface area contributed by atoms with Crippen LogP contribution in [0.3, 0.4) is 0 Å². The van der Waals surface area contributed by atoms with Gasteiger partial charge in [-0.25, -0.2) is 0 Å². The van der Waals surface area contributed by atoms with Crippen LogP contribution in [0.25, 0.3) is 28.0 Å². The van der Waals surface area contributed by atoms with E-state index < -0.39 is 28.3 Å². The van der Waals surface area contributed by atoms with Crippen molar-refractivity contribution in [3.63, 3.8) is 0 Å². The topological polar surface area (TPSA) is 0 Å². The second-order valence-electron chi connectivity index (χ2n) is 14.2. The molecule has 0 bridgehead atoms. The third kappa shape index (κ3) is 5.53. The summed E-state index contributed by atoms with van der Waals surface area (Å²) in [7, 11) is 0. The number of rotatable bonds is 3. The van der Waals surface area contributed by atoms with E-state index in [0.717, 1.165) is 0 Å². The fraction of sp³-hybridized carbons (Fsp3) is 0.351. The molecule has 0 amide bonds. The van der Waals surface area contributed by atoms with Crippen molar-refractivity contribution < 1.29 is 47.2 Å². The molecule has 0 saturated carbocycles. The van der Waals surface area contributed by atoms with Crippen LogP contribution in [0, 0.1) is 0 Å². The van der Waals surface area contributed by atoms with Gasteiger partial charge in [-0.2, -0.15) is 0 Å². The SMILES string of the molecule is CC1=Cc2c(ccc3ccccc23)C1c1c(C(C)(C)C)ccc2c1[CH]([Zr+2][SiH](C)C)c1cc(C(C)(C)C)ccc1-2.[Cl-].[Cl-]. The quantitative estimate of drug-likeness (QED) is 0.287. The molecular formula is C37H42Cl2SiZr. The summed E-state index contributed by atoms with van der Waals surface area (Å²) in [5.74, 6) is -0.338. The Morgan fingerprint density at radius 3 is 2.05 bits per heavy atom. The first-order valence-corrected chi connectivity index (χ1v) is 23.2. The zero-order valence-electron chi connectivity index (χ0n) is 25.9. The molecule has 4 aromatic carbocycles. The summed E-state index contributed by atoms with van der Waals surface area (Å²) >= 11 is -0.624. The van der Waals surface area contributed by atoms with E-state index in [-0.39, 0.29) is 35.6 Å². The maximum atomic E-state index is 2.61. The molecule has 0 N–H and O–H groups in total. The predicted octanol–water partition coefficient (Wildman–Crippen LogP) is 4.13. The average molecular weight is 677 g/mol. The molecule has 0 fully saturated rings. The molecule has 2 aliphatic carbocycles. The van der Waals surface area contributed by atoms with E-state index in [1.165, 1.54) is 44.2 Å².